The Morgan fingerprint density at radius 2 is 2.17 bits per heavy atom. The standard InChI is InChI=1S/C17H22N6O5S2/c1-23(2,3)5-10-13(16(26)27)22-9(7-29-10)12(15(22)25)20-14(24)11(21-28-4)8-6-30-17(18)19-8/h6,9,12H,5,7H2,1-4H3,(H3-,18,19,20,24,26,27)/p+1. The summed E-state index contributed by atoms with van der Waals surface area (Å²) in [5.74, 6) is -1.81. The van der Waals surface area contributed by atoms with Gasteiger partial charge in [0, 0.05) is 11.1 Å². The van der Waals surface area contributed by atoms with Gasteiger partial charge in [-0.05, 0) is 0 Å². The number of fused-ring (bicyclic) bond motifs is 1. The second-order valence-electron chi connectivity index (χ2n) is 7.76. The largest absolute Gasteiger partial charge is 0.477 e. The average Bonchev–Trinajstić information content (AvgIpc) is 3.08. The lowest BCUT2D eigenvalue weighted by atomic mass is 9.94. The van der Waals surface area contributed by atoms with Gasteiger partial charge in [-0.3, -0.25) is 14.5 Å². The van der Waals surface area contributed by atoms with Crippen molar-refractivity contribution in [3.8, 4) is 0 Å². The van der Waals surface area contributed by atoms with Crippen molar-refractivity contribution in [3.05, 3.63) is 21.7 Å². The van der Waals surface area contributed by atoms with Gasteiger partial charge in [-0.1, -0.05) is 5.16 Å². The first-order chi connectivity index (χ1) is 14.0. The third-order valence-corrected chi connectivity index (χ3v) is 6.28. The van der Waals surface area contributed by atoms with Gasteiger partial charge in [0.1, 0.15) is 31.1 Å². The van der Waals surface area contributed by atoms with E-state index >= 15 is 0 Å². The van der Waals surface area contributed by atoms with Gasteiger partial charge in [-0.25, -0.2) is 9.78 Å². The van der Waals surface area contributed by atoms with Gasteiger partial charge < -0.3 is 25.5 Å². The molecule has 0 bridgehead atoms. The summed E-state index contributed by atoms with van der Waals surface area (Å²) in [5.41, 5.74) is 5.72. The van der Waals surface area contributed by atoms with Crippen LogP contribution in [0, 0.1) is 0 Å². The lowest BCUT2D eigenvalue weighted by Crippen LogP contribution is -2.73. The molecule has 1 saturated heterocycles. The Kier molecular flexibility index (Phi) is 6.06. The number of oxime groups is 1. The van der Waals surface area contributed by atoms with Crippen LogP contribution in [-0.2, 0) is 19.2 Å². The van der Waals surface area contributed by atoms with Crippen LogP contribution in [0.25, 0.3) is 0 Å². The van der Waals surface area contributed by atoms with Gasteiger partial charge in [-0.2, -0.15) is 0 Å². The highest BCUT2D eigenvalue weighted by atomic mass is 32.2. The third kappa shape index (κ3) is 4.27. The predicted octanol–water partition coefficient (Wildman–Crippen LogP) is -0.479. The maximum absolute atomic E-state index is 12.8. The molecule has 0 aromatic carbocycles. The first-order valence-electron chi connectivity index (χ1n) is 8.89. The monoisotopic (exact) mass is 455 g/mol. The van der Waals surface area contributed by atoms with E-state index in [1.165, 1.54) is 23.8 Å². The number of aromatic nitrogens is 1. The quantitative estimate of drug-likeness (QED) is 0.216. The fraction of sp³-hybridized carbons (Fsp3) is 0.471. The molecule has 2 atom stereocenters. The van der Waals surface area contributed by atoms with Crippen LogP contribution in [0.3, 0.4) is 0 Å². The second kappa shape index (κ2) is 8.24. The molecule has 0 saturated carbocycles. The summed E-state index contributed by atoms with van der Waals surface area (Å²) in [6.07, 6.45) is 0. The zero-order valence-corrected chi connectivity index (χ0v) is 18.5. The Morgan fingerprint density at radius 1 is 1.47 bits per heavy atom. The maximum Gasteiger partial charge on any atom is 0.353 e. The van der Waals surface area contributed by atoms with Crippen molar-refractivity contribution in [2.45, 2.75) is 12.1 Å². The Labute approximate surface area is 181 Å². The lowest BCUT2D eigenvalue weighted by Gasteiger charge is -2.50. The van der Waals surface area contributed by atoms with Crippen molar-refractivity contribution in [2.24, 2.45) is 5.16 Å². The smallest absolute Gasteiger partial charge is 0.353 e. The van der Waals surface area contributed by atoms with Gasteiger partial charge in [0.25, 0.3) is 11.8 Å². The van der Waals surface area contributed by atoms with E-state index in [4.69, 9.17) is 10.6 Å². The Bertz CT molecular complexity index is 951. The van der Waals surface area contributed by atoms with E-state index in [1.54, 1.807) is 5.38 Å². The highest BCUT2D eigenvalue weighted by Crippen LogP contribution is 2.39. The van der Waals surface area contributed by atoms with Gasteiger partial charge in [-0.15, -0.1) is 23.1 Å². The Balaban J connectivity index is 1.80. The number of nitrogen functional groups attached to an aromatic ring is 1. The zero-order valence-electron chi connectivity index (χ0n) is 16.9. The number of likely N-dealkylation sites (N-methyl/N-ethyl adjacent to an activating group) is 1. The number of nitrogens with two attached hydrogens (primary N) is 1. The summed E-state index contributed by atoms with van der Waals surface area (Å²) >= 11 is 2.54. The molecule has 2 amide bonds. The van der Waals surface area contributed by atoms with E-state index in [0.717, 1.165) is 11.3 Å². The molecule has 1 fully saturated rings. The number of quaternary nitrogens is 1. The molecule has 13 heteroatoms. The number of carboxylic acids is 1. The topological polar surface area (TPSA) is 147 Å². The number of β-lactam (4-membered cyclic amide) rings is 1. The van der Waals surface area contributed by atoms with Gasteiger partial charge in [0.2, 0.25) is 0 Å². The van der Waals surface area contributed by atoms with Crippen LogP contribution in [0.4, 0.5) is 5.13 Å². The molecule has 0 radical (unpaired) electrons. The SMILES string of the molecule is CON=C(C(=O)NC1C(=O)N2C(C(=O)O)=C(C[N+](C)(C)C)SCC12)c1csc(N)n1. The molecule has 2 unspecified atom stereocenters. The number of nitrogens with one attached hydrogen (secondary N) is 1. The van der Waals surface area contributed by atoms with Crippen molar-refractivity contribution in [1.82, 2.24) is 15.2 Å². The van der Waals surface area contributed by atoms with Gasteiger partial charge in [0.15, 0.2) is 10.8 Å². The zero-order chi connectivity index (χ0) is 22.2. The normalized spacial score (nSPS) is 21.8. The molecule has 3 heterocycles. The number of carbonyl (C=O) groups is 3. The molecule has 0 aliphatic carbocycles. The molecule has 1 aromatic rings. The number of anilines is 1. The summed E-state index contributed by atoms with van der Waals surface area (Å²) in [4.78, 5) is 48.0. The number of rotatable bonds is 7. The molecule has 0 spiro atoms. The van der Waals surface area contributed by atoms with Crippen molar-refractivity contribution in [1.29, 1.82) is 0 Å². The van der Waals surface area contributed by atoms with E-state index in [-0.39, 0.29) is 22.2 Å². The number of carboxylic acid groups (broad SMARTS) is 1. The van der Waals surface area contributed by atoms with Gasteiger partial charge >= 0.3 is 5.97 Å². The number of aliphatic carboxylic acids is 1. The summed E-state index contributed by atoms with van der Waals surface area (Å²) in [5, 5.41) is 17.9. The summed E-state index contributed by atoms with van der Waals surface area (Å²) in [6.45, 7) is 0.482. The van der Waals surface area contributed by atoms with Crippen LogP contribution in [0.2, 0.25) is 0 Å². The molecule has 3 rings (SSSR count). The number of nitrogens with zero attached hydrogens (tertiary/aromatic N) is 4. The van der Waals surface area contributed by atoms with Crippen LogP contribution < -0.4 is 11.1 Å². The molecule has 30 heavy (non-hydrogen) atoms. The molecule has 2 aliphatic heterocycles. The molecule has 1 aromatic heterocycles. The first-order valence-corrected chi connectivity index (χ1v) is 10.8. The number of hydrogen-bond donors (Lipinski definition) is 3. The van der Waals surface area contributed by atoms with Crippen LogP contribution in [0.15, 0.2) is 21.1 Å². The van der Waals surface area contributed by atoms with Crippen molar-refractivity contribution in [2.75, 3.05) is 46.3 Å². The second-order valence-corrected chi connectivity index (χ2v) is 9.76. The highest BCUT2D eigenvalue weighted by Gasteiger charge is 2.54. The summed E-state index contributed by atoms with van der Waals surface area (Å²) in [7, 11) is 7.13. The predicted molar refractivity (Wildman–Crippen MR) is 113 cm³/mol. The van der Waals surface area contributed by atoms with Crippen molar-refractivity contribution < 1.29 is 28.8 Å². The molecule has 162 valence electrons. The number of carbonyl (C=O) groups excluding carboxylic acids is 2. The highest BCUT2D eigenvalue weighted by molar-refractivity contribution is 8.03. The third-order valence-electron chi connectivity index (χ3n) is 4.42. The van der Waals surface area contributed by atoms with E-state index in [2.05, 4.69) is 15.5 Å². The van der Waals surface area contributed by atoms with E-state index < -0.39 is 29.9 Å². The van der Waals surface area contributed by atoms with Crippen LogP contribution >= 0.6 is 23.1 Å². The van der Waals surface area contributed by atoms with Crippen molar-refractivity contribution in [3.63, 3.8) is 0 Å². The maximum atomic E-state index is 12.8. The van der Waals surface area contributed by atoms with Crippen LogP contribution in [0.1, 0.15) is 5.69 Å². The minimum absolute atomic E-state index is 0.0159. The number of thiazole rings is 1. The molecule has 2 aliphatic rings. The fourth-order valence-corrected chi connectivity index (χ4v) is 5.28. The number of hydrogen-bond acceptors (Lipinski definition) is 9. The van der Waals surface area contributed by atoms with Crippen LogP contribution in [-0.4, -0.2) is 95.6 Å². The number of amides is 2. The van der Waals surface area contributed by atoms with E-state index in [9.17, 15) is 19.5 Å². The van der Waals surface area contributed by atoms with Crippen molar-refractivity contribution >= 4 is 51.7 Å². The van der Waals surface area contributed by atoms with Gasteiger partial charge in [0.05, 0.1) is 32.1 Å². The van der Waals surface area contributed by atoms with E-state index in [1.807, 2.05) is 21.1 Å². The Morgan fingerprint density at radius 3 is 2.70 bits per heavy atom. The first kappa shape index (κ1) is 22.1. The average molecular weight is 456 g/mol. The Hall–Kier alpha value is -2.64. The molecule has 11 nitrogen and oxygen atoms in total. The summed E-state index contributed by atoms with van der Waals surface area (Å²) < 4.78 is 0.527. The fourth-order valence-electron chi connectivity index (χ4n) is 3.21. The minimum Gasteiger partial charge on any atom is -0.477 e. The minimum atomic E-state index is -1.16. The molecular weight excluding hydrogens is 432 g/mol. The molecule has 4 N–H and O–H groups in total. The van der Waals surface area contributed by atoms with Crippen LogP contribution in [0.5, 0.6) is 0 Å². The van der Waals surface area contributed by atoms with E-state index in [0.29, 0.717) is 21.7 Å². The lowest BCUT2D eigenvalue weighted by molar-refractivity contribution is -0.864. The molecular formula is C17H23N6O5S2+. The number of thioether (sulfide) groups is 1. The summed E-state index contributed by atoms with van der Waals surface area (Å²) in [6, 6.07) is -1.32.